The average Bonchev–Trinajstić information content (AvgIpc) is 2.65. The average molecular weight is 281 g/mol. The Bertz CT molecular complexity index is 463. The van der Waals surface area contributed by atoms with Gasteiger partial charge < -0.3 is 9.47 Å². The van der Waals surface area contributed by atoms with Gasteiger partial charge in [0.15, 0.2) is 0 Å². The molecule has 0 amide bonds. The van der Waals surface area contributed by atoms with E-state index < -0.39 is 0 Å². The lowest BCUT2D eigenvalue weighted by Crippen LogP contribution is -2.19. The SMILES string of the molecule is CN(Cc1nccn1C)c1ccc(Br)cn1. The fourth-order valence-electron chi connectivity index (χ4n) is 1.44. The van der Waals surface area contributed by atoms with Crippen LogP contribution in [0.25, 0.3) is 0 Å². The number of anilines is 1. The standard InChI is InChI=1S/C11H13BrN4/c1-15-6-5-13-11(15)8-16(2)10-4-3-9(12)7-14-10/h3-7H,8H2,1-2H3. The van der Waals surface area contributed by atoms with Gasteiger partial charge in [-0.25, -0.2) is 9.97 Å². The van der Waals surface area contributed by atoms with Crippen LogP contribution in [0.1, 0.15) is 5.82 Å². The highest BCUT2D eigenvalue weighted by Crippen LogP contribution is 2.14. The molecule has 0 N–H and O–H groups in total. The monoisotopic (exact) mass is 280 g/mol. The number of nitrogens with zero attached hydrogens (tertiary/aromatic N) is 4. The fourth-order valence-corrected chi connectivity index (χ4v) is 1.67. The van der Waals surface area contributed by atoms with E-state index in [-0.39, 0.29) is 0 Å². The third-order valence-electron chi connectivity index (χ3n) is 2.40. The molecule has 84 valence electrons. The van der Waals surface area contributed by atoms with Crippen molar-refractivity contribution in [1.82, 2.24) is 14.5 Å². The van der Waals surface area contributed by atoms with Crippen LogP contribution >= 0.6 is 15.9 Å². The van der Waals surface area contributed by atoms with Gasteiger partial charge in [0, 0.05) is 37.2 Å². The van der Waals surface area contributed by atoms with Gasteiger partial charge >= 0.3 is 0 Å². The third-order valence-corrected chi connectivity index (χ3v) is 2.87. The van der Waals surface area contributed by atoms with Gasteiger partial charge in [0.2, 0.25) is 0 Å². The fraction of sp³-hybridized carbons (Fsp3) is 0.273. The number of halogens is 1. The highest BCUT2D eigenvalue weighted by molar-refractivity contribution is 9.10. The van der Waals surface area contributed by atoms with E-state index in [1.54, 1.807) is 12.4 Å². The molecule has 0 saturated heterocycles. The van der Waals surface area contributed by atoms with E-state index in [2.05, 4.69) is 30.8 Å². The predicted molar refractivity (Wildman–Crippen MR) is 67.3 cm³/mol. The van der Waals surface area contributed by atoms with E-state index in [0.29, 0.717) is 0 Å². The Balaban J connectivity index is 2.11. The first-order chi connectivity index (χ1) is 7.66. The number of hydrogen-bond donors (Lipinski definition) is 0. The lowest BCUT2D eigenvalue weighted by molar-refractivity contribution is 0.755. The van der Waals surface area contributed by atoms with Crippen molar-refractivity contribution in [2.75, 3.05) is 11.9 Å². The zero-order valence-corrected chi connectivity index (χ0v) is 10.8. The highest BCUT2D eigenvalue weighted by Gasteiger charge is 2.06. The van der Waals surface area contributed by atoms with Gasteiger partial charge in [-0.2, -0.15) is 0 Å². The van der Waals surface area contributed by atoms with Crippen molar-refractivity contribution in [2.45, 2.75) is 6.54 Å². The van der Waals surface area contributed by atoms with E-state index >= 15 is 0 Å². The third kappa shape index (κ3) is 2.41. The van der Waals surface area contributed by atoms with Gasteiger partial charge in [-0.1, -0.05) is 0 Å². The van der Waals surface area contributed by atoms with Crippen molar-refractivity contribution in [1.29, 1.82) is 0 Å². The summed E-state index contributed by atoms with van der Waals surface area (Å²) in [5.41, 5.74) is 0. The van der Waals surface area contributed by atoms with Crippen LogP contribution in [0.15, 0.2) is 35.2 Å². The van der Waals surface area contributed by atoms with Crippen LogP contribution < -0.4 is 4.90 Å². The zero-order valence-electron chi connectivity index (χ0n) is 9.26. The second kappa shape index (κ2) is 4.65. The predicted octanol–water partition coefficient (Wildman–Crippen LogP) is 2.21. The molecule has 5 heteroatoms. The summed E-state index contributed by atoms with van der Waals surface area (Å²) >= 11 is 3.37. The molecule has 0 spiro atoms. The summed E-state index contributed by atoms with van der Waals surface area (Å²) < 4.78 is 3.00. The maximum absolute atomic E-state index is 4.33. The lowest BCUT2D eigenvalue weighted by atomic mass is 10.4. The van der Waals surface area contributed by atoms with E-state index in [1.807, 2.05) is 37.0 Å². The molecule has 4 nitrogen and oxygen atoms in total. The molecule has 2 aromatic heterocycles. The summed E-state index contributed by atoms with van der Waals surface area (Å²) in [5, 5.41) is 0. The Labute approximate surface area is 103 Å². The Morgan fingerprint density at radius 1 is 1.38 bits per heavy atom. The second-order valence-corrected chi connectivity index (χ2v) is 4.56. The number of hydrogen-bond acceptors (Lipinski definition) is 3. The van der Waals surface area contributed by atoms with Crippen LogP contribution in [-0.2, 0) is 13.6 Å². The topological polar surface area (TPSA) is 34.0 Å². The van der Waals surface area contributed by atoms with Crippen molar-refractivity contribution in [2.24, 2.45) is 7.05 Å². The quantitative estimate of drug-likeness (QED) is 0.865. The van der Waals surface area contributed by atoms with Gasteiger partial charge in [-0.15, -0.1) is 0 Å². The maximum atomic E-state index is 4.33. The minimum atomic E-state index is 0.748. The minimum absolute atomic E-state index is 0.748. The van der Waals surface area contributed by atoms with E-state index in [9.17, 15) is 0 Å². The van der Waals surface area contributed by atoms with Crippen LogP contribution in [-0.4, -0.2) is 21.6 Å². The molecule has 0 aliphatic carbocycles. The molecule has 0 bridgehead atoms. The smallest absolute Gasteiger partial charge is 0.128 e. The largest absolute Gasteiger partial charge is 0.352 e. The Hall–Kier alpha value is -1.36. The van der Waals surface area contributed by atoms with Crippen molar-refractivity contribution < 1.29 is 0 Å². The minimum Gasteiger partial charge on any atom is -0.352 e. The molecule has 0 atom stereocenters. The van der Waals surface area contributed by atoms with Gasteiger partial charge in [0.25, 0.3) is 0 Å². The Kier molecular flexibility index (Phi) is 3.24. The first-order valence-electron chi connectivity index (χ1n) is 4.95. The van der Waals surface area contributed by atoms with Gasteiger partial charge in [0.05, 0.1) is 6.54 Å². The number of pyridine rings is 1. The van der Waals surface area contributed by atoms with E-state index in [0.717, 1.165) is 22.7 Å². The van der Waals surface area contributed by atoms with Gasteiger partial charge in [0.1, 0.15) is 11.6 Å². The molecule has 0 fully saturated rings. The van der Waals surface area contributed by atoms with Crippen molar-refractivity contribution in [3.05, 3.63) is 41.0 Å². The summed E-state index contributed by atoms with van der Waals surface area (Å²) in [7, 11) is 4.00. The highest BCUT2D eigenvalue weighted by atomic mass is 79.9. The molecule has 2 aromatic rings. The Morgan fingerprint density at radius 2 is 2.19 bits per heavy atom. The Morgan fingerprint density at radius 3 is 2.75 bits per heavy atom. The molecule has 0 aliphatic rings. The molecular formula is C11H13BrN4. The second-order valence-electron chi connectivity index (χ2n) is 3.65. The van der Waals surface area contributed by atoms with Crippen LogP contribution in [0.2, 0.25) is 0 Å². The van der Waals surface area contributed by atoms with Crippen LogP contribution in [0.4, 0.5) is 5.82 Å². The molecule has 0 aliphatic heterocycles. The van der Waals surface area contributed by atoms with Crippen molar-refractivity contribution in [3.63, 3.8) is 0 Å². The van der Waals surface area contributed by atoms with Crippen LogP contribution in [0.3, 0.4) is 0 Å². The molecular weight excluding hydrogens is 268 g/mol. The molecule has 0 aromatic carbocycles. The summed E-state index contributed by atoms with van der Waals surface area (Å²) in [6.45, 7) is 0.748. The van der Waals surface area contributed by atoms with Crippen LogP contribution in [0.5, 0.6) is 0 Å². The van der Waals surface area contributed by atoms with Crippen LogP contribution in [0, 0.1) is 0 Å². The summed E-state index contributed by atoms with van der Waals surface area (Å²) in [6, 6.07) is 3.96. The first-order valence-corrected chi connectivity index (χ1v) is 5.75. The van der Waals surface area contributed by atoms with E-state index in [4.69, 9.17) is 0 Å². The van der Waals surface area contributed by atoms with E-state index in [1.165, 1.54) is 0 Å². The maximum Gasteiger partial charge on any atom is 0.128 e. The normalized spacial score (nSPS) is 10.4. The van der Waals surface area contributed by atoms with Gasteiger partial charge in [-0.3, -0.25) is 0 Å². The number of aryl methyl sites for hydroxylation is 1. The number of imidazole rings is 1. The number of aromatic nitrogens is 3. The molecule has 16 heavy (non-hydrogen) atoms. The molecule has 2 rings (SSSR count). The first kappa shape index (κ1) is 11.1. The molecule has 0 saturated carbocycles. The van der Waals surface area contributed by atoms with Crippen molar-refractivity contribution >= 4 is 21.7 Å². The van der Waals surface area contributed by atoms with Gasteiger partial charge in [-0.05, 0) is 28.1 Å². The lowest BCUT2D eigenvalue weighted by Gasteiger charge is -2.17. The van der Waals surface area contributed by atoms with Crippen molar-refractivity contribution in [3.8, 4) is 0 Å². The number of rotatable bonds is 3. The summed E-state index contributed by atoms with van der Waals surface area (Å²) in [5.74, 6) is 1.96. The molecule has 0 radical (unpaired) electrons. The molecule has 2 heterocycles. The summed E-state index contributed by atoms with van der Waals surface area (Å²) in [4.78, 5) is 10.7. The summed E-state index contributed by atoms with van der Waals surface area (Å²) in [6.07, 6.45) is 5.54. The zero-order chi connectivity index (χ0) is 11.5. The molecule has 0 unspecified atom stereocenters.